The number of fused-ring (bicyclic) bond motifs is 1. The molecule has 1 aliphatic heterocycles. The molecule has 1 fully saturated rings. The minimum absolute atomic E-state index is 0.00207. The fourth-order valence-electron chi connectivity index (χ4n) is 4.79. The number of rotatable bonds is 9. The number of anilines is 1. The van der Waals surface area contributed by atoms with E-state index in [1.54, 1.807) is 24.3 Å². The van der Waals surface area contributed by atoms with E-state index >= 15 is 0 Å². The van der Waals surface area contributed by atoms with Crippen molar-refractivity contribution in [3.05, 3.63) is 95.7 Å². The summed E-state index contributed by atoms with van der Waals surface area (Å²) in [7, 11) is 0. The van der Waals surface area contributed by atoms with Crippen LogP contribution in [0.1, 0.15) is 16.8 Å². The van der Waals surface area contributed by atoms with Crippen molar-refractivity contribution < 1.29 is 33.7 Å². The molecule has 1 saturated heterocycles. The quantitative estimate of drug-likeness (QED) is 0.210. The molecule has 13 heteroatoms. The van der Waals surface area contributed by atoms with E-state index in [9.17, 15) is 29.5 Å². The summed E-state index contributed by atoms with van der Waals surface area (Å²) >= 11 is 0. The molecule has 0 unspecified atom stereocenters. The molecule has 1 amide bonds. The number of aliphatic hydroxyl groups excluding tert-OH is 2. The van der Waals surface area contributed by atoms with E-state index in [-0.39, 0.29) is 29.9 Å². The largest absolute Gasteiger partial charge is 0.463 e. The number of hydrogen-bond donors (Lipinski definition) is 4. The number of carbonyl (C=O) groups is 2. The zero-order valence-corrected chi connectivity index (χ0v) is 22.1. The summed E-state index contributed by atoms with van der Waals surface area (Å²) in [5.74, 6) is -1.47. The number of hydrogen-bond acceptors (Lipinski definition) is 10. The van der Waals surface area contributed by atoms with E-state index in [4.69, 9.17) is 15.2 Å². The first-order valence-electron chi connectivity index (χ1n) is 13.0. The second-order valence-corrected chi connectivity index (χ2v) is 9.84. The lowest BCUT2D eigenvalue weighted by atomic mass is 9.92. The summed E-state index contributed by atoms with van der Waals surface area (Å²) in [5, 5.41) is 38.6. The molecular formula is C29H27FN6O6. The Morgan fingerprint density at radius 2 is 1.88 bits per heavy atom. The second kappa shape index (κ2) is 12.0. The van der Waals surface area contributed by atoms with Gasteiger partial charge in [-0.15, -0.1) is 0 Å². The van der Waals surface area contributed by atoms with Gasteiger partial charge >= 0.3 is 5.97 Å². The van der Waals surface area contributed by atoms with E-state index in [1.807, 2.05) is 12.1 Å². The van der Waals surface area contributed by atoms with Crippen LogP contribution in [0.5, 0.6) is 0 Å². The summed E-state index contributed by atoms with van der Waals surface area (Å²) in [6.07, 6.45) is -3.23. The van der Waals surface area contributed by atoms with Crippen LogP contribution in [0.15, 0.2) is 73.1 Å². The number of halogens is 1. The normalized spacial score (nSPS) is 22.4. The third kappa shape index (κ3) is 5.69. The van der Waals surface area contributed by atoms with Crippen LogP contribution in [0.25, 0.3) is 5.52 Å². The molecule has 4 aromatic rings. The predicted octanol–water partition coefficient (Wildman–Crippen LogP) is 1.00. The maximum Gasteiger partial charge on any atom is 0.310 e. The van der Waals surface area contributed by atoms with Crippen LogP contribution in [-0.4, -0.2) is 67.6 Å². The van der Waals surface area contributed by atoms with Crippen molar-refractivity contribution in [3.8, 4) is 6.07 Å². The number of carbonyl (C=O) groups excluding carboxylic acids is 2. The number of benzene rings is 2. The Labute approximate surface area is 239 Å². The van der Waals surface area contributed by atoms with Crippen LogP contribution in [0.2, 0.25) is 0 Å². The van der Waals surface area contributed by atoms with E-state index in [2.05, 4.69) is 15.4 Å². The van der Waals surface area contributed by atoms with Gasteiger partial charge in [0.15, 0.2) is 5.82 Å². The van der Waals surface area contributed by atoms with Crippen molar-refractivity contribution in [2.45, 2.75) is 42.8 Å². The molecule has 0 radical (unpaired) electrons. The molecule has 0 spiro atoms. The van der Waals surface area contributed by atoms with Crippen molar-refractivity contribution in [3.63, 3.8) is 0 Å². The monoisotopic (exact) mass is 574 g/mol. The first-order chi connectivity index (χ1) is 20.2. The molecule has 2 aromatic heterocycles. The van der Waals surface area contributed by atoms with Gasteiger partial charge in [0.05, 0.1) is 18.2 Å². The Kier molecular flexibility index (Phi) is 8.23. The topological polar surface area (TPSA) is 185 Å². The highest BCUT2D eigenvalue weighted by Crippen LogP contribution is 2.40. The van der Waals surface area contributed by atoms with Crippen molar-refractivity contribution >= 4 is 23.2 Å². The highest BCUT2D eigenvalue weighted by atomic mass is 19.1. The van der Waals surface area contributed by atoms with Crippen LogP contribution >= 0.6 is 0 Å². The number of aliphatic hydroxyl groups is 2. The molecule has 12 nitrogen and oxygen atoms in total. The van der Waals surface area contributed by atoms with Gasteiger partial charge in [-0.3, -0.25) is 9.59 Å². The molecule has 0 aliphatic carbocycles. The zero-order chi connectivity index (χ0) is 29.9. The van der Waals surface area contributed by atoms with Crippen LogP contribution < -0.4 is 11.1 Å². The van der Waals surface area contributed by atoms with Crippen molar-refractivity contribution in [1.29, 1.82) is 5.26 Å². The van der Waals surface area contributed by atoms with Gasteiger partial charge in [-0.1, -0.05) is 42.5 Å². The van der Waals surface area contributed by atoms with Crippen LogP contribution in [0.4, 0.5) is 10.2 Å². The van der Waals surface area contributed by atoms with E-state index in [1.165, 1.54) is 40.9 Å². The van der Waals surface area contributed by atoms with Gasteiger partial charge in [0.2, 0.25) is 11.5 Å². The number of amides is 1. The minimum Gasteiger partial charge on any atom is -0.463 e. The van der Waals surface area contributed by atoms with Gasteiger partial charge in [-0.2, -0.15) is 10.4 Å². The molecule has 0 bridgehead atoms. The Morgan fingerprint density at radius 3 is 2.60 bits per heavy atom. The van der Waals surface area contributed by atoms with Gasteiger partial charge in [0.1, 0.15) is 48.6 Å². The Bertz CT molecular complexity index is 1630. The van der Waals surface area contributed by atoms with Gasteiger partial charge in [0, 0.05) is 0 Å². The smallest absolute Gasteiger partial charge is 0.310 e. The van der Waals surface area contributed by atoms with Crippen LogP contribution in [0, 0.1) is 17.1 Å². The molecule has 1 aliphatic rings. The first kappa shape index (κ1) is 28.8. The van der Waals surface area contributed by atoms with Crippen molar-refractivity contribution in [1.82, 2.24) is 14.6 Å². The SMILES string of the molecule is N#C[C@@]1(c2ccc3c(NC(=O)[C@@H](N)Cc4ccc(F)cc4)ncnn23)O[C@H](COC(=O)Cc2ccccc2)[C@@H](O)[C@H]1O. The van der Waals surface area contributed by atoms with Crippen molar-refractivity contribution in [2.75, 3.05) is 11.9 Å². The van der Waals surface area contributed by atoms with Crippen LogP contribution in [0.3, 0.4) is 0 Å². The zero-order valence-electron chi connectivity index (χ0n) is 22.1. The van der Waals surface area contributed by atoms with Gasteiger partial charge in [-0.05, 0) is 41.8 Å². The fraction of sp³-hybridized carbons (Fsp3) is 0.276. The molecule has 5 atom stereocenters. The fourth-order valence-corrected chi connectivity index (χ4v) is 4.79. The Balaban J connectivity index is 1.31. The average Bonchev–Trinajstić information content (AvgIpc) is 3.54. The number of nitrogens with zero attached hydrogens (tertiary/aromatic N) is 4. The summed E-state index contributed by atoms with van der Waals surface area (Å²) in [4.78, 5) is 29.2. The van der Waals surface area contributed by atoms with Crippen molar-refractivity contribution in [2.24, 2.45) is 5.73 Å². The number of ether oxygens (including phenoxy) is 2. The van der Waals surface area contributed by atoms with Gasteiger partial charge in [0.25, 0.3) is 0 Å². The molecule has 0 saturated carbocycles. The number of aromatic nitrogens is 3. The first-order valence-corrected chi connectivity index (χ1v) is 13.0. The third-order valence-electron chi connectivity index (χ3n) is 7.00. The molecular weight excluding hydrogens is 547 g/mol. The average molecular weight is 575 g/mol. The number of nitrogens with one attached hydrogen (secondary N) is 1. The Morgan fingerprint density at radius 1 is 1.14 bits per heavy atom. The maximum absolute atomic E-state index is 13.2. The lowest BCUT2D eigenvalue weighted by molar-refractivity contribution is -0.149. The predicted molar refractivity (Wildman–Crippen MR) is 145 cm³/mol. The van der Waals surface area contributed by atoms with Gasteiger partial charge in [-0.25, -0.2) is 13.9 Å². The number of nitrogens with two attached hydrogens (primary N) is 1. The molecule has 5 rings (SSSR count). The second-order valence-electron chi connectivity index (χ2n) is 9.84. The van der Waals surface area contributed by atoms with Gasteiger partial charge < -0.3 is 30.7 Å². The summed E-state index contributed by atoms with van der Waals surface area (Å²) in [6, 6.07) is 18.4. The number of nitriles is 1. The van der Waals surface area contributed by atoms with E-state index < -0.39 is 54.3 Å². The lowest BCUT2D eigenvalue weighted by Gasteiger charge is -2.24. The summed E-state index contributed by atoms with van der Waals surface area (Å²) in [6.45, 7) is -0.404. The molecule has 3 heterocycles. The molecule has 216 valence electrons. The highest BCUT2D eigenvalue weighted by molar-refractivity contribution is 5.97. The summed E-state index contributed by atoms with van der Waals surface area (Å²) < 4.78 is 25.6. The third-order valence-corrected chi connectivity index (χ3v) is 7.00. The Hall–Kier alpha value is -4.74. The minimum atomic E-state index is -2.09. The molecule has 42 heavy (non-hydrogen) atoms. The maximum atomic E-state index is 13.2. The standard InChI is InChI=1S/C29H27FN6O6/c30-19-8-6-18(7-9-19)12-20(32)28(40)35-27-21-10-11-23(36(21)34-16-33-27)29(15-31)26(39)25(38)22(42-29)14-41-24(37)13-17-4-2-1-3-5-17/h1-11,16,20,22,25-26,38-39H,12-14,32H2,(H,33,34,35,40)/t20-,22+,25+,26+,29-/m0/s1. The van der Waals surface area contributed by atoms with E-state index in [0.717, 1.165) is 11.9 Å². The van der Waals surface area contributed by atoms with E-state index in [0.29, 0.717) is 5.56 Å². The molecule has 2 aromatic carbocycles. The number of esters is 1. The highest BCUT2D eigenvalue weighted by Gasteiger charge is 2.57. The lowest BCUT2D eigenvalue weighted by Crippen LogP contribution is -2.41. The summed E-state index contributed by atoms with van der Waals surface area (Å²) in [5.41, 5.74) is 5.68. The molecule has 5 N–H and O–H groups in total. The van der Waals surface area contributed by atoms with Crippen LogP contribution in [-0.2, 0) is 37.5 Å².